The second kappa shape index (κ2) is 7.85. The number of hydrogen-bond donors (Lipinski definition) is 1. The van der Waals surface area contributed by atoms with Crippen LogP contribution in [0.25, 0.3) is 0 Å². The number of hydrogen-bond acceptors (Lipinski definition) is 2. The first-order valence-electron chi connectivity index (χ1n) is 7.36. The zero-order chi connectivity index (χ0) is 15.9. The highest BCUT2D eigenvalue weighted by Gasteiger charge is 2.09. The van der Waals surface area contributed by atoms with Crippen LogP contribution < -0.4 is 10.1 Å². The minimum Gasteiger partial charge on any atom is -0.492 e. The van der Waals surface area contributed by atoms with Crippen molar-refractivity contribution < 1.29 is 9.53 Å². The predicted molar refractivity (Wildman–Crippen MR) is 89.8 cm³/mol. The number of carbonyl (C=O) groups is 1. The van der Waals surface area contributed by atoms with E-state index in [1.165, 1.54) is 5.56 Å². The van der Waals surface area contributed by atoms with Crippen molar-refractivity contribution in [3.63, 3.8) is 0 Å². The maximum Gasteiger partial charge on any atom is 0.252 e. The summed E-state index contributed by atoms with van der Waals surface area (Å²) in [6.45, 7) is 4.89. The van der Waals surface area contributed by atoms with Crippen molar-refractivity contribution in [1.29, 1.82) is 0 Å². The van der Waals surface area contributed by atoms with Gasteiger partial charge < -0.3 is 10.1 Å². The van der Waals surface area contributed by atoms with E-state index in [1.807, 2.05) is 37.3 Å². The highest BCUT2D eigenvalue weighted by atomic mass is 35.5. The molecule has 0 atom stereocenters. The van der Waals surface area contributed by atoms with Gasteiger partial charge in [0, 0.05) is 0 Å². The molecule has 0 spiro atoms. The van der Waals surface area contributed by atoms with E-state index < -0.39 is 0 Å². The van der Waals surface area contributed by atoms with Crippen LogP contribution in [-0.4, -0.2) is 19.1 Å². The summed E-state index contributed by atoms with van der Waals surface area (Å²) in [6.07, 6.45) is 1.01. The molecule has 0 saturated heterocycles. The fourth-order valence-electron chi connectivity index (χ4n) is 2.05. The van der Waals surface area contributed by atoms with E-state index in [1.54, 1.807) is 12.1 Å². The van der Waals surface area contributed by atoms with E-state index in [2.05, 4.69) is 12.2 Å². The summed E-state index contributed by atoms with van der Waals surface area (Å²) in [5.41, 5.74) is 2.79. The zero-order valence-electron chi connectivity index (χ0n) is 12.9. The molecule has 0 bridgehead atoms. The lowest BCUT2D eigenvalue weighted by Gasteiger charge is -2.09. The molecular weight excluding hydrogens is 298 g/mol. The number of rotatable bonds is 6. The summed E-state index contributed by atoms with van der Waals surface area (Å²) in [5.74, 6) is 0.620. The van der Waals surface area contributed by atoms with E-state index in [4.69, 9.17) is 16.3 Å². The first kappa shape index (κ1) is 16.4. The predicted octanol–water partition coefficient (Wildman–Crippen LogP) is 4.02. The van der Waals surface area contributed by atoms with Crippen LogP contribution in [0.15, 0.2) is 42.5 Å². The molecule has 0 saturated carbocycles. The molecule has 1 N–H and O–H groups in total. The van der Waals surface area contributed by atoms with Gasteiger partial charge in [0.15, 0.2) is 0 Å². The maximum atomic E-state index is 12.0. The standard InChI is InChI=1S/C18H20ClNO2/c1-3-14-5-7-15(8-6-14)22-11-10-20-18(21)16-9-4-13(2)12-17(16)19/h4-9,12H,3,10-11H2,1-2H3,(H,20,21). The normalized spacial score (nSPS) is 10.3. The topological polar surface area (TPSA) is 38.3 Å². The first-order valence-corrected chi connectivity index (χ1v) is 7.74. The minimum atomic E-state index is -0.185. The molecule has 2 rings (SSSR count). The number of ether oxygens (including phenoxy) is 1. The van der Waals surface area contributed by atoms with Crippen molar-refractivity contribution in [3.8, 4) is 5.75 Å². The summed E-state index contributed by atoms with van der Waals surface area (Å²) < 4.78 is 5.59. The second-order valence-electron chi connectivity index (χ2n) is 5.09. The van der Waals surface area contributed by atoms with E-state index in [-0.39, 0.29) is 5.91 Å². The Labute approximate surface area is 136 Å². The summed E-state index contributed by atoms with van der Waals surface area (Å²) in [4.78, 5) is 12.0. The van der Waals surface area contributed by atoms with Gasteiger partial charge in [-0.25, -0.2) is 0 Å². The number of benzene rings is 2. The van der Waals surface area contributed by atoms with E-state index >= 15 is 0 Å². The van der Waals surface area contributed by atoms with Gasteiger partial charge in [-0.2, -0.15) is 0 Å². The molecule has 0 fully saturated rings. The van der Waals surface area contributed by atoms with Crippen LogP contribution in [0.5, 0.6) is 5.75 Å². The number of aryl methyl sites for hydroxylation is 2. The van der Waals surface area contributed by atoms with Crippen LogP contribution in [-0.2, 0) is 6.42 Å². The molecule has 2 aromatic rings. The Morgan fingerprint density at radius 2 is 1.91 bits per heavy atom. The van der Waals surface area contributed by atoms with Gasteiger partial charge in [-0.3, -0.25) is 4.79 Å². The maximum absolute atomic E-state index is 12.0. The third kappa shape index (κ3) is 4.50. The smallest absolute Gasteiger partial charge is 0.252 e. The van der Waals surface area contributed by atoms with E-state index in [9.17, 15) is 4.79 Å². The SMILES string of the molecule is CCc1ccc(OCCNC(=O)c2ccc(C)cc2Cl)cc1. The molecule has 22 heavy (non-hydrogen) atoms. The number of carbonyl (C=O) groups excluding carboxylic acids is 1. The molecule has 0 aromatic heterocycles. The molecule has 0 heterocycles. The highest BCUT2D eigenvalue weighted by Crippen LogP contribution is 2.17. The average Bonchev–Trinajstić information content (AvgIpc) is 2.52. The van der Waals surface area contributed by atoms with Crippen molar-refractivity contribution in [1.82, 2.24) is 5.32 Å². The number of nitrogens with one attached hydrogen (secondary N) is 1. The Kier molecular flexibility index (Phi) is 5.84. The molecule has 0 radical (unpaired) electrons. The molecule has 0 unspecified atom stereocenters. The number of halogens is 1. The van der Waals surface area contributed by atoms with Gasteiger partial charge >= 0.3 is 0 Å². The minimum absolute atomic E-state index is 0.185. The molecule has 4 heteroatoms. The van der Waals surface area contributed by atoms with Gasteiger partial charge in [-0.1, -0.05) is 36.7 Å². The van der Waals surface area contributed by atoms with Gasteiger partial charge in [-0.05, 0) is 48.7 Å². The molecule has 116 valence electrons. The summed E-state index contributed by atoms with van der Waals surface area (Å²) >= 11 is 6.07. The Bertz CT molecular complexity index is 638. The Morgan fingerprint density at radius 3 is 2.55 bits per heavy atom. The van der Waals surface area contributed by atoms with Crippen LogP contribution in [0.2, 0.25) is 5.02 Å². The van der Waals surface area contributed by atoms with Crippen molar-refractivity contribution >= 4 is 17.5 Å². The summed E-state index contributed by atoms with van der Waals surface area (Å²) in [5, 5.41) is 3.27. The fraction of sp³-hybridized carbons (Fsp3) is 0.278. The molecule has 1 amide bonds. The molecule has 0 aliphatic rings. The van der Waals surface area contributed by atoms with Crippen molar-refractivity contribution in [2.45, 2.75) is 20.3 Å². The number of amides is 1. The lowest BCUT2D eigenvalue weighted by atomic mass is 10.1. The third-order valence-corrected chi connectivity index (χ3v) is 3.67. The molecular formula is C18H20ClNO2. The molecule has 0 aliphatic heterocycles. The average molecular weight is 318 g/mol. The van der Waals surface area contributed by atoms with Gasteiger partial charge in [0.05, 0.1) is 17.1 Å². The summed E-state index contributed by atoms with van der Waals surface area (Å²) in [7, 11) is 0. The fourth-order valence-corrected chi connectivity index (χ4v) is 2.38. The van der Waals surface area contributed by atoms with Gasteiger partial charge in [0.1, 0.15) is 12.4 Å². The van der Waals surface area contributed by atoms with Crippen LogP contribution in [0, 0.1) is 6.92 Å². The molecule has 3 nitrogen and oxygen atoms in total. The van der Waals surface area contributed by atoms with Gasteiger partial charge in [0.2, 0.25) is 0 Å². The van der Waals surface area contributed by atoms with Crippen LogP contribution in [0.3, 0.4) is 0 Å². The first-order chi connectivity index (χ1) is 10.6. The quantitative estimate of drug-likeness (QED) is 0.817. The van der Waals surface area contributed by atoms with E-state index in [0.29, 0.717) is 23.7 Å². The van der Waals surface area contributed by atoms with Crippen molar-refractivity contribution in [2.24, 2.45) is 0 Å². The lowest BCUT2D eigenvalue weighted by Crippen LogP contribution is -2.28. The third-order valence-electron chi connectivity index (χ3n) is 3.36. The lowest BCUT2D eigenvalue weighted by molar-refractivity contribution is 0.0947. The molecule has 0 aliphatic carbocycles. The monoisotopic (exact) mass is 317 g/mol. The highest BCUT2D eigenvalue weighted by molar-refractivity contribution is 6.33. The largest absolute Gasteiger partial charge is 0.492 e. The van der Waals surface area contributed by atoms with Gasteiger partial charge in [0.25, 0.3) is 5.91 Å². The Balaban J connectivity index is 1.79. The van der Waals surface area contributed by atoms with Crippen LogP contribution >= 0.6 is 11.6 Å². The van der Waals surface area contributed by atoms with Crippen LogP contribution in [0.1, 0.15) is 28.4 Å². The van der Waals surface area contributed by atoms with Crippen molar-refractivity contribution in [2.75, 3.05) is 13.2 Å². The summed E-state index contributed by atoms with van der Waals surface area (Å²) in [6, 6.07) is 13.3. The zero-order valence-corrected chi connectivity index (χ0v) is 13.6. The second-order valence-corrected chi connectivity index (χ2v) is 5.49. The Morgan fingerprint density at radius 1 is 1.18 bits per heavy atom. The molecule has 2 aromatic carbocycles. The van der Waals surface area contributed by atoms with Crippen molar-refractivity contribution in [3.05, 3.63) is 64.2 Å². The van der Waals surface area contributed by atoms with E-state index in [0.717, 1.165) is 17.7 Å². The van der Waals surface area contributed by atoms with Crippen LogP contribution in [0.4, 0.5) is 0 Å². The Hall–Kier alpha value is -2.00. The van der Waals surface area contributed by atoms with Gasteiger partial charge in [-0.15, -0.1) is 0 Å².